The van der Waals surface area contributed by atoms with Gasteiger partial charge in [-0.2, -0.15) is 4.31 Å². The summed E-state index contributed by atoms with van der Waals surface area (Å²) in [4.78, 5) is 10.8. The topological polar surface area (TPSA) is 83.9 Å². The smallest absolute Gasteiger partial charge is 0.336 e. The highest BCUT2D eigenvalue weighted by Crippen LogP contribution is 2.28. The first-order chi connectivity index (χ1) is 9.45. The van der Waals surface area contributed by atoms with Crippen LogP contribution in [-0.2, 0) is 14.8 Å². The molecule has 1 fully saturated rings. The van der Waals surface area contributed by atoms with Crippen molar-refractivity contribution in [1.82, 2.24) is 4.31 Å². The number of hydrogen-bond acceptors (Lipinski definition) is 5. The fourth-order valence-electron chi connectivity index (χ4n) is 2.31. The average Bonchev–Trinajstić information content (AvgIpc) is 2.90. The molecule has 0 aliphatic carbocycles. The highest BCUT2D eigenvalue weighted by Gasteiger charge is 2.31. The molecule has 2 heterocycles. The van der Waals surface area contributed by atoms with Gasteiger partial charge in [-0.3, -0.25) is 0 Å². The van der Waals surface area contributed by atoms with E-state index in [1.165, 1.54) is 15.8 Å². The zero-order valence-electron chi connectivity index (χ0n) is 11.1. The van der Waals surface area contributed by atoms with E-state index in [0.717, 1.165) is 24.2 Å². The molecule has 1 aliphatic rings. The zero-order chi connectivity index (χ0) is 14.8. The minimum atomic E-state index is -3.59. The van der Waals surface area contributed by atoms with Gasteiger partial charge >= 0.3 is 5.97 Å². The van der Waals surface area contributed by atoms with Crippen LogP contribution in [0.3, 0.4) is 0 Å². The van der Waals surface area contributed by atoms with E-state index in [4.69, 9.17) is 9.84 Å². The van der Waals surface area contributed by atoms with Crippen LogP contribution >= 0.6 is 11.3 Å². The van der Waals surface area contributed by atoms with Gasteiger partial charge in [-0.1, -0.05) is 0 Å². The Morgan fingerprint density at radius 1 is 1.60 bits per heavy atom. The molecule has 0 bridgehead atoms. The van der Waals surface area contributed by atoms with Crippen LogP contribution in [0.25, 0.3) is 0 Å². The van der Waals surface area contributed by atoms with Crippen molar-refractivity contribution in [3.05, 3.63) is 17.0 Å². The first-order valence-electron chi connectivity index (χ1n) is 6.26. The number of hydrogen-bond donors (Lipinski definition) is 1. The van der Waals surface area contributed by atoms with Crippen LogP contribution in [0.5, 0.6) is 0 Å². The molecule has 0 aromatic carbocycles. The molecule has 1 aliphatic heterocycles. The normalized spacial score (nSPS) is 20.9. The molecule has 8 heteroatoms. The molecule has 1 unspecified atom stereocenters. The van der Waals surface area contributed by atoms with Crippen molar-refractivity contribution >= 4 is 27.3 Å². The summed E-state index contributed by atoms with van der Waals surface area (Å²) in [6.07, 6.45) is 1.75. The second kappa shape index (κ2) is 6.21. The molecular weight excluding hydrogens is 302 g/mol. The average molecular weight is 319 g/mol. The Hall–Kier alpha value is -0.960. The lowest BCUT2D eigenvalue weighted by atomic mass is 10.0. The SMILES string of the molecule is COCC1CCCN(S(=O)(=O)c2cc(C(=O)O)cs2)C1. The zero-order valence-corrected chi connectivity index (χ0v) is 12.7. The van der Waals surface area contributed by atoms with Gasteiger partial charge in [-0.05, 0) is 24.8 Å². The summed E-state index contributed by atoms with van der Waals surface area (Å²) in [6.45, 7) is 1.44. The van der Waals surface area contributed by atoms with Crippen LogP contribution in [0.1, 0.15) is 23.2 Å². The number of carboxylic acid groups (broad SMARTS) is 1. The third-order valence-electron chi connectivity index (χ3n) is 3.30. The second-order valence-electron chi connectivity index (χ2n) is 4.79. The Balaban J connectivity index is 2.18. The summed E-state index contributed by atoms with van der Waals surface area (Å²) in [7, 11) is -1.99. The Morgan fingerprint density at radius 2 is 2.35 bits per heavy atom. The third-order valence-corrected chi connectivity index (χ3v) is 6.58. The van der Waals surface area contributed by atoms with Gasteiger partial charge in [0, 0.05) is 25.6 Å². The monoisotopic (exact) mass is 319 g/mol. The molecule has 0 amide bonds. The van der Waals surface area contributed by atoms with Crippen molar-refractivity contribution in [3.63, 3.8) is 0 Å². The summed E-state index contributed by atoms with van der Waals surface area (Å²) in [5.74, 6) is -0.916. The number of rotatable bonds is 5. The number of nitrogens with zero attached hydrogens (tertiary/aromatic N) is 1. The van der Waals surface area contributed by atoms with Crippen LogP contribution in [-0.4, -0.2) is 50.6 Å². The first-order valence-corrected chi connectivity index (χ1v) is 8.58. The van der Waals surface area contributed by atoms with E-state index < -0.39 is 16.0 Å². The molecule has 1 saturated heterocycles. The Bertz CT molecular complexity index is 578. The van der Waals surface area contributed by atoms with Crippen molar-refractivity contribution in [2.24, 2.45) is 5.92 Å². The third kappa shape index (κ3) is 3.20. The Morgan fingerprint density at radius 3 is 2.95 bits per heavy atom. The van der Waals surface area contributed by atoms with Gasteiger partial charge in [0.2, 0.25) is 0 Å². The molecule has 0 radical (unpaired) electrons. The number of sulfonamides is 1. The maximum atomic E-state index is 12.5. The van der Waals surface area contributed by atoms with Gasteiger partial charge in [0.05, 0.1) is 12.2 Å². The minimum absolute atomic E-state index is 0.0130. The molecule has 2 rings (SSSR count). The van der Waals surface area contributed by atoms with Crippen LogP contribution in [0, 0.1) is 5.92 Å². The van der Waals surface area contributed by atoms with Crippen LogP contribution < -0.4 is 0 Å². The van der Waals surface area contributed by atoms with E-state index in [0.29, 0.717) is 19.7 Å². The summed E-state index contributed by atoms with van der Waals surface area (Å²) in [5.41, 5.74) is 0.0130. The molecule has 20 heavy (non-hydrogen) atoms. The Kier molecular flexibility index (Phi) is 4.79. The molecule has 6 nitrogen and oxygen atoms in total. The van der Waals surface area contributed by atoms with Crippen molar-refractivity contribution in [3.8, 4) is 0 Å². The van der Waals surface area contributed by atoms with Gasteiger partial charge in [0.15, 0.2) is 0 Å². The Labute approximate surface area is 122 Å². The predicted octanol–water partition coefficient (Wildman–Crippen LogP) is 1.49. The molecule has 1 aromatic heterocycles. The van der Waals surface area contributed by atoms with E-state index in [9.17, 15) is 13.2 Å². The molecule has 1 aromatic rings. The first kappa shape index (κ1) is 15.4. The van der Waals surface area contributed by atoms with Crippen LogP contribution in [0.15, 0.2) is 15.7 Å². The number of aromatic carboxylic acids is 1. The maximum Gasteiger partial charge on any atom is 0.336 e. The number of carbonyl (C=O) groups is 1. The summed E-state index contributed by atoms with van der Waals surface area (Å²) >= 11 is 0.951. The molecule has 0 spiro atoms. The maximum absolute atomic E-state index is 12.5. The summed E-state index contributed by atoms with van der Waals surface area (Å²) < 4.78 is 31.6. The number of piperidine rings is 1. The quantitative estimate of drug-likeness (QED) is 0.889. The van der Waals surface area contributed by atoms with E-state index >= 15 is 0 Å². The molecule has 112 valence electrons. The summed E-state index contributed by atoms with van der Waals surface area (Å²) in [5, 5.41) is 10.2. The standard InChI is InChI=1S/C12H17NO5S2/c1-18-7-9-3-2-4-13(6-9)20(16,17)11-5-10(8-19-11)12(14)15/h5,8-9H,2-4,6-7H2,1H3,(H,14,15). The van der Waals surface area contributed by atoms with Crippen molar-refractivity contribution in [1.29, 1.82) is 0 Å². The van der Waals surface area contributed by atoms with E-state index in [1.54, 1.807) is 7.11 Å². The number of carboxylic acids is 1. The molecule has 0 saturated carbocycles. The highest BCUT2D eigenvalue weighted by atomic mass is 32.2. The van der Waals surface area contributed by atoms with Gasteiger partial charge < -0.3 is 9.84 Å². The highest BCUT2D eigenvalue weighted by molar-refractivity contribution is 7.91. The van der Waals surface area contributed by atoms with Crippen molar-refractivity contribution in [2.45, 2.75) is 17.1 Å². The van der Waals surface area contributed by atoms with Crippen molar-refractivity contribution < 1.29 is 23.1 Å². The van der Waals surface area contributed by atoms with Gasteiger partial charge in [0.1, 0.15) is 4.21 Å². The lowest BCUT2D eigenvalue weighted by Crippen LogP contribution is -2.40. The van der Waals surface area contributed by atoms with Crippen molar-refractivity contribution in [2.75, 3.05) is 26.8 Å². The van der Waals surface area contributed by atoms with E-state index in [1.807, 2.05) is 0 Å². The number of ether oxygens (including phenoxy) is 1. The largest absolute Gasteiger partial charge is 0.478 e. The predicted molar refractivity (Wildman–Crippen MR) is 74.6 cm³/mol. The number of thiophene rings is 1. The lowest BCUT2D eigenvalue weighted by Gasteiger charge is -2.31. The van der Waals surface area contributed by atoms with Crippen LogP contribution in [0.4, 0.5) is 0 Å². The second-order valence-corrected chi connectivity index (χ2v) is 7.86. The van der Waals surface area contributed by atoms with E-state index in [-0.39, 0.29) is 15.7 Å². The van der Waals surface area contributed by atoms with Gasteiger partial charge in [-0.15, -0.1) is 11.3 Å². The lowest BCUT2D eigenvalue weighted by molar-refractivity contribution is 0.0697. The number of methoxy groups -OCH3 is 1. The minimum Gasteiger partial charge on any atom is -0.478 e. The van der Waals surface area contributed by atoms with Gasteiger partial charge in [-0.25, -0.2) is 13.2 Å². The molecular formula is C12H17NO5S2. The summed E-state index contributed by atoms with van der Waals surface area (Å²) in [6, 6.07) is 1.22. The van der Waals surface area contributed by atoms with Crippen LogP contribution in [0.2, 0.25) is 0 Å². The fraction of sp³-hybridized carbons (Fsp3) is 0.583. The van der Waals surface area contributed by atoms with E-state index in [2.05, 4.69) is 0 Å². The molecule has 1 atom stereocenters. The van der Waals surface area contributed by atoms with Gasteiger partial charge in [0.25, 0.3) is 10.0 Å². The molecule has 1 N–H and O–H groups in total. The fourth-order valence-corrected chi connectivity index (χ4v) is 5.17.